The van der Waals surface area contributed by atoms with E-state index in [-0.39, 0.29) is 0 Å². The number of hydrogen-bond donors (Lipinski definition) is 1. The number of para-hydroxylation sites is 1. The van der Waals surface area contributed by atoms with E-state index >= 15 is 0 Å². The minimum Gasteiger partial charge on any atom is -0.398 e. The molecule has 0 atom stereocenters. The Bertz CT molecular complexity index is 275. The van der Waals surface area contributed by atoms with Gasteiger partial charge >= 0.3 is 0 Å². The minimum atomic E-state index is 0.523. The van der Waals surface area contributed by atoms with Crippen LogP contribution in [0.15, 0.2) is 18.2 Å². The molecule has 0 aromatic heterocycles. The lowest BCUT2D eigenvalue weighted by atomic mass is 9.99. The summed E-state index contributed by atoms with van der Waals surface area (Å²) in [5.41, 5.74) is 9.26. The summed E-state index contributed by atoms with van der Waals surface area (Å²) in [5.74, 6) is 0.523. The molecule has 0 saturated heterocycles. The van der Waals surface area contributed by atoms with E-state index in [9.17, 15) is 0 Å². The summed E-state index contributed by atoms with van der Waals surface area (Å²) in [4.78, 5) is 0. The summed E-state index contributed by atoms with van der Waals surface area (Å²) >= 11 is 0. The smallest absolute Gasteiger partial charge is 0.0378 e. The summed E-state index contributed by atoms with van der Waals surface area (Å²) in [7, 11) is 0. The van der Waals surface area contributed by atoms with Crippen LogP contribution < -0.4 is 5.73 Å². The first-order valence-corrected chi connectivity index (χ1v) is 5.89. The van der Waals surface area contributed by atoms with E-state index in [2.05, 4.69) is 39.8 Å². The third-order valence-electron chi connectivity index (χ3n) is 2.48. The normalized spacial score (nSPS) is 9.73. The van der Waals surface area contributed by atoms with Crippen LogP contribution in [0.5, 0.6) is 0 Å². The van der Waals surface area contributed by atoms with Gasteiger partial charge in [-0.1, -0.05) is 58.7 Å². The molecule has 0 amide bonds. The molecule has 1 aromatic carbocycles. The van der Waals surface area contributed by atoms with Crippen LogP contribution in [-0.2, 0) is 0 Å². The van der Waals surface area contributed by atoms with E-state index in [0.717, 1.165) is 5.69 Å². The lowest BCUT2D eigenvalue weighted by Crippen LogP contribution is -1.98. The Morgan fingerprint density at radius 3 is 2.00 bits per heavy atom. The second kappa shape index (κ2) is 7.33. The quantitative estimate of drug-likeness (QED) is 0.710. The van der Waals surface area contributed by atoms with Gasteiger partial charge in [0.25, 0.3) is 0 Å². The Balaban J connectivity index is 0.000000423. The molecule has 1 rings (SSSR count). The molecule has 86 valence electrons. The summed E-state index contributed by atoms with van der Waals surface area (Å²) in [6.07, 6.45) is 2.64. The summed E-state index contributed by atoms with van der Waals surface area (Å²) in [5, 5.41) is 0. The van der Waals surface area contributed by atoms with Crippen molar-refractivity contribution < 1.29 is 0 Å². The number of nitrogen functional groups attached to an aromatic ring is 1. The topological polar surface area (TPSA) is 26.0 Å². The number of rotatable bonds is 2. The Morgan fingerprint density at radius 2 is 1.67 bits per heavy atom. The maximum absolute atomic E-state index is 5.88. The molecule has 0 aliphatic rings. The highest BCUT2D eigenvalue weighted by molar-refractivity contribution is 5.54. The molecule has 0 bridgehead atoms. The van der Waals surface area contributed by atoms with Gasteiger partial charge in [-0.15, -0.1) is 0 Å². The van der Waals surface area contributed by atoms with Crippen LogP contribution in [-0.4, -0.2) is 0 Å². The fraction of sp³-hybridized carbons (Fsp3) is 0.571. The van der Waals surface area contributed by atoms with Crippen molar-refractivity contribution >= 4 is 5.69 Å². The highest BCUT2D eigenvalue weighted by Gasteiger charge is 2.03. The van der Waals surface area contributed by atoms with Gasteiger partial charge < -0.3 is 5.73 Å². The molecular formula is C14H25N. The van der Waals surface area contributed by atoms with Crippen LogP contribution in [0.3, 0.4) is 0 Å². The van der Waals surface area contributed by atoms with Gasteiger partial charge in [0.05, 0.1) is 0 Å². The summed E-state index contributed by atoms with van der Waals surface area (Å²) in [6.45, 7) is 10.7. The molecule has 0 fully saturated rings. The molecule has 15 heavy (non-hydrogen) atoms. The number of benzene rings is 1. The standard InChI is InChI=1S/C10H15N.C4H10/c1-7(2)9-6-4-5-8(3)10(9)11;1-3-4-2/h4-7H,11H2,1-3H3;3-4H2,1-2H3. The molecule has 0 unspecified atom stereocenters. The van der Waals surface area contributed by atoms with Crippen molar-refractivity contribution in [2.75, 3.05) is 5.73 Å². The first kappa shape index (κ1) is 14.0. The predicted molar refractivity (Wildman–Crippen MR) is 70.3 cm³/mol. The first-order valence-electron chi connectivity index (χ1n) is 5.89. The number of hydrogen-bond acceptors (Lipinski definition) is 1. The molecule has 1 aromatic rings. The van der Waals surface area contributed by atoms with E-state index in [1.54, 1.807) is 0 Å². The van der Waals surface area contributed by atoms with Crippen LogP contribution in [0.2, 0.25) is 0 Å². The number of nitrogens with two attached hydrogens (primary N) is 1. The molecule has 0 radical (unpaired) electrons. The molecule has 0 spiro atoms. The van der Waals surface area contributed by atoms with E-state index in [1.807, 2.05) is 13.0 Å². The van der Waals surface area contributed by atoms with Crippen molar-refractivity contribution in [2.45, 2.75) is 53.4 Å². The van der Waals surface area contributed by atoms with Gasteiger partial charge in [-0.3, -0.25) is 0 Å². The molecule has 1 nitrogen and oxygen atoms in total. The minimum absolute atomic E-state index is 0.523. The Labute approximate surface area is 94.7 Å². The third-order valence-corrected chi connectivity index (χ3v) is 2.48. The lowest BCUT2D eigenvalue weighted by molar-refractivity contribution is 0.868. The van der Waals surface area contributed by atoms with Gasteiger partial charge in [0.15, 0.2) is 0 Å². The van der Waals surface area contributed by atoms with Crippen molar-refractivity contribution in [1.29, 1.82) is 0 Å². The molecule has 1 heteroatoms. The first-order chi connectivity index (χ1) is 7.04. The van der Waals surface area contributed by atoms with Crippen molar-refractivity contribution in [2.24, 2.45) is 0 Å². The number of aryl methyl sites for hydroxylation is 1. The highest BCUT2D eigenvalue weighted by atomic mass is 14.6. The van der Waals surface area contributed by atoms with Crippen molar-refractivity contribution in [3.05, 3.63) is 29.3 Å². The molecular weight excluding hydrogens is 182 g/mol. The van der Waals surface area contributed by atoms with Gasteiger partial charge in [-0.25, -0.2) is 0 Å². The van der Waals surface area contributed by atoms with Crippen molar-refractivity contribution in [3.8, 4) is 0 Å². The zero-order valence-corrected chi connectivity index (χ0v) is 10.8. The maximum Gasteiger partial charge on any atom is 0.0378 e. The fourth-order valence-electron chi connectivity index (χ4n) is 1.21. The molecule has 0 aliphatic carbocycles. The Morgan fingerprint density at radius 1 is 1.13 bits per heavy atom. The zero-order valence-electron chi connectivity index (χ0n) is 10.8. The predicted octanol–water partition coefficient (Wildman–Crippen LogP) is 4.51. The second-order valence-corrected chi connectivity index (χ2v) is 4.23. The molecule has 2 N–H and O–H groups in total. The fourth-order valence-corrected chi connectivity index (χ4v) is 1.21. The average Bonchev–Trinajstić information content (AvgIpc) is 2.22. The third kappa shape index (κ3) is 4.87. The van der Waals surface area contributed by atoms with Crippen LogP contribution in [0.1, 0.15) is 57.6 Å². The summed E-state index contributed by atoms with van der Waals surface area (Å²) in [6, 6.07) is 6.19. The van der Waals surface area contributed by atoms with Crippen LogP contribution in [0.25, 0.3) is 0 Å². The highest BCUT2D eigenvalue weighted by Crippen LogP contribution is 2.23. The maximum atomic E-state index is 5.88. The zero-order chi connectivity index (χ0) is 11.8. The Kier molecular flexibility index (Phi) is 6.85. The number of anilines is 1. The van der Waals surface area contributed by atoms with Crippen molar-refractivity contribution in [3.63, 3.8) is 0 Å². The van der Waals surface area contributed by atoms with Gasteiger partial charge in [0.1, 0.15) is 0 Å². The Hall–Kier alpha value is -0.980. The van der Waals surface area contributed by atoms with Crippen LogP contribution >= 0.6 is 0 Å². The van der Waals surface area contributed by atoms with E-state index in [0.29, 0.717) is 5.92 Å². The lowest BCUT2D eigenvalue weighted by Gasteiger charge is -2.10. The molecule has 0 heterocycles. The van der Waals surface area contributed by atoms with Crippen LogP contribution in [0.4, 0.5) is 5.69 Å². The second-order valence-electron chi connectivity index (χ2n) is 4.23. The van der Waals surface area contributed by atoms with Crippen molar-refractivity contribution in [1.82, 2.24) is 0 Å². The van der Waals surface area contributed by atoms with Crippen LogP contribution in [0, 0.1) is 6.92 Å². The van der Waals surface area contributed by atoms with E-state index < -0.39 is 0 Å². The van der Waals surface area contributed by atoms with Gasteiger partial charge in [-0.2, -0.15) is 0 Å². The summed E-state index contributed by atoms with van der Waals surface area (Å²) < 4.78 is 0. The van der Waals surface area contributed by atoms with Gasteiger partial charge in [0.2, 0.25) is 0 Å². The SMILES string of the molecule is CCCC.Cc1cccc(C(C)C)c1N. The molecule has 0 aliphatic heterocycles. The molecule has 0 saturated carbocycles. The van der Waals surface area contributed by atoms with Gasteiger partial charge in [0, 0.05) is 5.69 Å². The average molecular weight is 207 g/mol. The van der Waals surface area contributed by atoms with E-state index in [4.69, 9.17) is 5.73 Å². The largest absolute Gasteiger partial charge is 0.398 e. The van der Waals surface area contributed by atoms with Gasteiger partial charge in [-0.05, 0) is 24.0 Å². The monoisotopic (exact) mass is 207 g/mol. The number of unbranched alkanes of at least 4 members (excludes halogenated alkanes) is 1. The van der Waals surface area contributed by atoms with E-state index in [1.165, 1.54) is 24.0 Å².